The summed E-state index contributed by atoms with van der Waals surface area (Å²) in [5, 5.41) is 18.4. The van der Waals surface area contributed by atoms with Gasteiger partial charge in [0.25, 0.3) is 17.2 Å². The molecule has 11 heteroatoms. The number of benzene rings is 2. The van der Waals surface area contributed by atoms with Gasteiger partial charge < -0.3 is 10.1 Å². The van der Waals surface area contributed by atoms with Gasteiger partial charge in [0.1, 0.15) is 17.5 Å². The molecule has 0 bridgehead atoms. The number of nitro groups is 1. The standard InChI is InChI=1S/C25H26N6O5/c1-2-3-13-36-21-9-7-19(8-10-21)24(32)26-11-12-30-23-22(15-28-30)25(33)29(17-27-23)16-18-5-4-6-20(14-18)31(34)35/h4-10,14-15,17H,2-3,11-13,16H2,1H3,(H,26,32). The average Bonchev–Trinajstić information content (AvgIpc) is 3.30. The highest BCUT2D eigenvalue weighted by atomic mass is 16.6. The first-order valence-corrected chi connectivity index (χ1v) is 11.6. The Hall–Kier alpha value is -4.54. The van der Waals surface area contributed by atoms with Crippen LogP contribution >= 0.6 is 0 Å². The van der Waals surface area contributed by atoms with Gasteiger partial charge in [-0.1, -0.05) is 25.5 Å². The molecule has 2 aromatic heterocycles. The lowest BCUT2D eigenvalue weighted by atomic mass is 10.2. The fourth-order valence-electron chi connectivity index (χ4n) is 3.65. The van der Waals surface area contributed by atoms with Gasteiger partial charge in [0.2, 0.25) is 0 Å². The first kappa shape index (κ1) is 24.6. The molecule has 1 amide bonds. The van der Waals surface area contributed by atoms with Gasteiger partial charge in [0.05, 0.1) is 30.8 Å². The van der Waals surface area contributed by atoms with Crippen LogP contribution in [0, 0.1) is 10.1 Å². The van der Waals surface area contributed by atoms with Gasteiger partial charge in [-0.15, -0.1) is 0 Å². The molecule has 36 heavy (non-hydrogen) atoms. The van der Waals surface area contributed by atoms with Crippen LogP contribution in [0.2, 0.25) is 0 Å². The number of fused-ring (bicyclic) bond motifs is 1. The monoisotopic (exact) mass is 490 g/mol. The summed E-state index contributed by atoms with van der Waals surface area (Å²) in [5.41, 5.74) is 1.19. The van der Waals surface area contributed by atoms with Gasteiger partial charge in [-0.05, 0) is 36.2 Å². The Morgan fingerprint density at radius 3 is 2.75 bits per heavy atom. The van der Waals surface area contributed by atoms with E-state index >= 15 is 0 Å². The van der Waals surface area contributed by atoms with Crippen molar-refractivity contribution >= 4 is 22.6 Å². The number of rotatable bonds is 11. The smallest absolute Gasteiger partial charge is 0.269 e. The SMILES string of the molecule is CCCCOc1ccc(C(=O)NCCn2ncc3c(=O)n(Cc4cccc([N+](=O)[O-])c4)cnc32)cc1. The number of hydrogen-bond donors (Lipinski definition) is 1. The summed E-state index contributed by atoms with van der Waals surface area (Å²) in [4.78, 5) is 40.2. The molecule has 0 aliphatic heterocycles. The molecular formula is C25H26N6O5. The van der Waals surface area contributed by atoms with Crippen LogP contribution in [0.25, 0.3) is 11.0 Å². The molecule has 1 N–H and O–H groups in total. The molecule has 4 aromatic rings. The summed E-state index contributed by atoms with van der Waals surface area (Å²) < 4.78 is 8.55. The number of aromatic nitrogens is 4. The van der Waals surface area contributed by atoms with E-state index in [9.17, 15) is 19.7 Å². The first-order valence-electron chi connectivity index (χ1n) is 11.6. The van der Waals surface area contributed by atoms with Crippen LogP contribution in [-0.4, -0.2) is 43.3 Å². The highest BCUT2D eigenvalue weighted by Gasteiger charge is 2.13. The fraction of sp³-hybridized carbons (Fsp3) is 0.280. The number of nitrogens with zero attached hydrogens (tertiary/aromatic N) is 5. The molecule has 0 fully saturated rings. The Morgan fingerprint density at radius 2 is 2.00 bits per heavy atom. The summed E-state index contributed by atoms with van der Waals surface area (Å²) in [7, 11) is 0. The molecule has 2 heterocycles. The van der Waals surface area contributed by atoms with Gasteiger partial charge in [-0.2, -0.15) is 5.10 Å². The second-order valence-electron chi connectivity index (χ2n) is 8.19. The lowest BCUT2D eigenvalue weighted by Crippen LogP contribution is -2.27. The predicted octanol–water partition coefficient (Wildman–Crippen LogP) is 3.16. The third-order valence-corrected chi connectivity index (χ3v) is 5.59. The zero-order valence-corrected chi connectivity index (χ0v) is 19.8. The molecule has 0 spiro atoms. The van der Waals surface area contributed by atoms with Crippen LogP contribution in [0.15, 0.2) is 65.8 Å². The average molecular weight is 491 g/mol. The van der Waals surface area contributed by atoms with E-state index in [1.807, 2.05) is 0 Å². The number of unbranched alkanes of at least 4 members (excludes halogenated alkanes) is 1. The van der Waals surface area contributed by atoms with Crippen molar-refractivity contribution in [3.63, 3.8) is 0 Å². The number of non-ortho nitro benzene ring substituents is 1. The predicted molar refractivity (Wildman–Crippen MR) is 133 cm³/mol. The molecule has 11 nitrogen and oxygen atoms in total. The third kappa shape index (κ3) is 5.74. The second kappa shape index (κ2) is 11.3. The fourth-order valence-corrected chi connectivity index (χ4v) is 3.65. The number of nitrogens with one attached hydrogen (secondary N) is 1. The van der Waals surface area contributed by atoms with E-state index in [-0.39, 0.29) is 23.7 Å². The molecule has 0 aliphatic rings. The molecular weight excluding hydrogens is 464 g/mol. The minimum absolute atomic E-state index is 0.0410. The van der Waals surface area contributed by atoms with Gasteiger partial charge in [-0.3, -0.25) is 24.3 Å². The van der Waals surface area contributed by atoms with Crippen molar-refractivity contribution in [3.05, 3.63) is 92.7 Å². The lowest BCUT2D eigenvalue weighted by molar-refractivity contribution is -0.384. The largest absolute Gasteiger partial charge is 0.494 e. The van der Waals surface area contributed by atoms with Gasteiger partial charge in [-0.25, -0.2) is 9.67 Å². The van der Waals surface area contributed by atoms with E-state index in [1.54, 1.807) is 41.1 Å². The van der Waals surface area contributed by atoms with Crippen LogP contribution in [0.5, 0.6) is 5.75 Å². The maximum atomic E-state index is 12.9. The number of ether oxygens (including phenoxy) is 1. The van der Waals surface area contributed by atoms with Crippen LogP contribution < -0.4 is 15.6 Å². The summed E-state index contributed by atoms with van der Waals surface area (Å²) in [5.74, 6) is 0.504. The quantitative estimate of drug-likeness (QED) is 0.194. The minimum Gasteiger partial charge on any atom is -0.494 e. The number of carbonyl (C=O) groups excluding carboxylic acids is 1. The first-order chi connectivity index (χ1) is 17.5. The topological polar surface area (TPSA) is 134 Å². The molecule has 0 atom stereocenters. The molecule has 4 rings (SSSR count). The van der Waals surface area contributed by atoms with Gasteiger partial charge in [0, 0.05) is 24.2 Å². The Kier molecular flexibility index (Phi) is 7.69. The molecule has 0 aliphatic carbocycles. The van der Waals surface area contributed by atoms with Crippen LogP contribution in [-0.2, 0) is 13.1 Å². The molecule has 186 valence electrons. The number of hydrogen-bond acceptors (Lipinski definition) is 7. The number of amides is 1. The Bertz CT molecular complexity index is 1430. The number of carbonyl (C=O) groups is 1. The molecule has 0 saturated carbocycles. The summed E-state index contributed by atoms with van der Waals surface area (Å²) in [6.07, 6.45) is 4.86. The van der Waals surface area contributed by atoms with Crippen molar-refractivity contribution in [2.45, 2.75) is 32.9 Å². The Labute approximate surface area is 206 Å². The number of nitro benzene ring substituents is 1. The summed E-state index contributed by atoms with van der Waals surface area (Å²) >= 11 is 0. The van der Waals surface area contributed by atoms with Crippen molar-refractivity contribution in [2.24, 2.45) is 0 Å². The van der Waals surface area contributed by atoms with Crippen molar-refractivity contribution in [3.8, 4) is 5.75 Å². The van der Waals surface area contributed by atoms with E-state index < -0.39 is 4.92 Å². The Morgan fingerprint density at radius 1 is 1.19 bits per heavy atom. The zero-order valence-electron chi connectivity index (χ0n) is 19.8. The second-order valence-corrected chi connectivity index (χ2v) is 8.19. The van der Waals surface area contributed by atoms with Gasteiger partial charge >= 0.3 is 0 Å². The highest BCUT2D eigenvalue weighted by molar-refractivity contribution is 5.94. The lowest BCUT2D eigenvalue weighted by Gasteiger charge is -2.09. The van der Waals surface area contributed by atoms with E-state index in [0.29, 0.717) is 41.9 Å². The molecule has 2 aromatic carbocycles. The van der Waals surface area contributed by atoms with Crippen molar-refractivity contribution in [2.75, 3.05) is 13.2 Å². The molecule has 0 unspecified atom stereocenters. The van der Waals surface area contributed by atoms with Crippen molar-refractivity contribution in [1.29, 1.82) is 0 Å². The van der Waals surface area contributed by atoms with Crippen molar-refractivity contribution in [1.82, 2.24) is 24.6 Å². The van der Waals surface area contributed by atoms with Crippen LogP contribution in [0.3, 0.4) is 0 Å². The van der Waals surface area contributed by atoms with E-state index in [4.69, 9.17) is 4.74 Å². The zero-order chi connectivity index (χ0) is 25.5. The molecule has 0 saturated heterocycles. The Balaban J connectivity index is 1.37. The van der Waals surface area contributed by atoms with Crippen LogP contribution in [0.4, 0.5) is 5.69 Å². The van der Waals surface area contributed by atoms with E-state index in [0.717, 1.165) is 18.6 Å². The maximum absolute atomic E-state index is 12.9. The molecule has 0 radical (unpaired) electrons. The highest BCUT2D eigenvalue weighted by Crippen LogP contribution is 2.15. The third-order valence-electron chi connectivity index (χ3n) is 5.59. The minimum atomic E-state index is -0.478. The normalized spacial score (nSPS) is 10.9. The van der Waals surface area contributed by atoms with Crippen molar-refractivity contribution < 1.29 is 14.5 Å². The maximum Gasteiger partial charge on any atom is 0.269 e. The van der Waals surface area contributed by atoms with E-state index in [2.05, 4.69) is 22.3 Å². The van der Waals surface area contributed by atoms with Crippen LogP contribution in [0.1, 0.15) is 35.7 Å². The van der Waals surface area contributed by atoms with E-state index in [1.165, 1.54) is 29.2 Å². The van der Waals surface area contributed by atoms with Gasteiger partial charge in [0.15, 0.2) is 5.65 Å². The summed E-state index contributed by atoms with van der Waals surface area (Å²) in [6, 6.07) is 13.1. The summed E-state index contributed by atoms with van der Waals surface area (Å²) in [6.45, 7) is 3.51.